The van der Waals surface area contributed by atoms with Crippen LogP contribution in [0.1, 0.15) is 19.3 Å². The number of hydrogen-bond donors (Lipinski definition) is 2. The van der Waals surface area contributed by atoms with Crippen molar-refractivity contribution in [2.75, 3.05) is 13.7 Å². The van der Waals surface area contributed by atoms with Crippen LogP contribution in [0.2, 0.25) is 0 Å². The number of methoxy groups -OCH3 is 1. The molecule has 0 radical (unpaired) electrons. The molecule has 11 heteroatoms. The number of rotatable bonds is 9. The molecule has 0 aliphatic carbocycles. The number of nitrogens with zero attached hydrogens (tertiary/aromatic N) is 4. The molecule has 4 rings (SSSR count). The van der Waals surface area contributed by atoms with Crippen molar-refractivity contribution < 1.29 is 23.0 Å². The summed E-state index contributed by atoms with van der Waals surface area (Å²) in [6.45, 7) is 0.303. The smallest absolute Gasteiger partial charge is 0.241 e. The molecular formula is C22H27N5O5S. The van der Waals surface area contributed by atoms with Crippen molar-refractivity contribution in [2.24, 2.45) is 0 Å². The van der Waals surface area contributed by atoms with Gasteiger partial charge in [-0.05, 0) is 43.5 Å². The third-order valence-corrected chi connectivity index (χ3v) is 7.09. The van der Waals surface area contributed by atoms with Crippen molar-refractivity contribution >= 4 is 10.0 Å². The molecule has 1 saturated heterocycles. The van der Waals surface area contributed by atoms with Crippen LogP contribution in [-0.4, -0.2) is 65.5 Å². The number of aliphatic hydroxyl groups excluding tert-OH is 1. The topological polar surface area (TPSA) is 128 Å². The first kappa shape index (κ1) is 23.3. The molecule has 0 unspecified atom stereocenters. The summed E-state index contributed by atoms with van der Waals surface area (Å²) in [5, 5.41) is 18.1. The van der Waals surface area contributed by atoms with Crippen molar-refractivity contribution in [3.63, 3.8) is 0 Å². The molecule has 3 heterocycles. The third kappa shape index (κ3) is 5.74. The molecule has 0 spiro atoms. The highest BCUT2D eigenvalue weighted by Gasteiger charge is 2.34. The molecule has 0 saturated carbocycles. The van der Waals surface area contributed by atoms with Gasteiger partial charge in [-0.15, -0.1) is 5.10 Å². The van der Waals surface area contributed by atoms with E-state index in [1.807, 2.05) is 24.4 Å². The number of nitrogens with one attached hydrogen (secondary N) is 1. The maximum absolute atomic E-state index is 12.8. The van der Waals surface area contributed by atoms with Gasteiger partial charge < -0.3 is 14.6 Å². The lowest BCUT2D eigenvalue weighted by Gasteiger charge is -2.36. The predicted molar refractivity (Wildman–Crippen MR) is 120 cm³/mol. The van der Waals surface area contributed by atoms with Crippen molar-refractivity contribution in [3.05, 3.63) is 54.9 Å². The lowest BCUT2D eigenvalue weighted by Crippen LogP contribution is -2.50. The van der Waals surface area contributed by atoms with E-state index in [1.54, 1.807) is 23.0 Å². The van der Waals surface area contributed by atoms with Gasteiger partial charge in [0.25, 0.3) is 0 Å². The minimum Gasteiger partial charge on any atom is -0.497 e. The molecule has 1 aromatic carbocycles. The van der Waals surface area contributed by atoms with E-state index < -0.39 is 22.2 Å². The molecule has 1 fully saturated rings. The Morgan fingerprint density at radius 2 is 2.09 bits per heavy atom. The van der Waals surface area contributed by atoms with Gasteiger partial charge in [0.2, 0.25) is 10.0 Å². The molecular weight excluding hydrogens is 446 g/mol. The molecule has 1 aliphatic rings. The number of aliphatic hydroxyl groups is 1. The largest absolute Gasteiger partial charge is 0.497 e. The molecule has 3 atom stereocenters. The standard InChI is InChI=1S/C22H27N5O5S/c1-31-17-5-4-6-18(13-17)33(29,30)25-20-9-8-16(32-22(20)15-28)10-12-27-14-21(24-26-27)19-7-2-3-11-23-19/h2-7,11,13-14,16,20,22,25,28H,8-10,12,15H2,1H3/t16-,20-,22-/m1/s1. The summed E-state index contributed by atoms with van der Waals surface area (Å²) in [6.07, 6.45) is 4.65. The summed E-state index contributed by atoms with van der Waals surface area (Å²) >= 11 is 0. The van der Waals surface area contributed by atoms with Crippen LogP contribution in [0, 0.1) is 0 Å². The fraction of sp³-hybridized carbons (Fsp3) is 0.409. The zero-order valence-electron chi connectivity index (χ0n) is 18.2. The fourth-order valence-electron chi connectivity index (χ4n) is 3.83. The maximum Gasteiger partial charge on any atom is 0.241 e. The molecule has 2 aromatic heterocycles. The van der Waals surface area contributed by atoms with Crippen LogP contribution >= 0.6 is 0 Å². The Labute approximate surface area is 192 Å². The zero-order valence-corrected chi connectivity index (χ0v) is 19.1. The highest BCUT2D eigenvalue weighted by molar-refractivity contribution is 7.89. The second-order valence-electron chi connectivity index (χ2n) is 7.83. The van der Waals surface area contributed by atoms with Crippen LogP contribution in [0.5, 0.6) is 5.75 Å². The fourth-order valence-corrected chi connectivity index (χ4v) is 5.16. The lowest BCUT2D eigenvalue weighted by molar-refractivity contribution is -0.0891. The average Bonchev–Trinajstić information content (AvgIpc) is 3.33. The molecule has 0 amide bonds. The second-order valence-corrected chi connectivity index (χ2v) is 9.55. The van der Waals surface area contributed by atoms with E-state index in [2.05, 4.69) is 20.0 Å². The van der Waals surface area contributed by atoms with E-state index in [9.17, 15) is 13.5 Å². The quantitative estimate of drug-likeness (QED) is 0.480. The predicted octanol–water partition coefficient (Wildman–Crippen LogP) is 1.63. The zero-order chi connectivity index (χ0) is 23.3. The van der Waals surface area contributed by atoms with Crippen molar-refractivity contribution in [1.82, 2.24) is 24.7 Å². The van der Waals surface area contributed by atoms with E-state index in [4.69, 9.17) is 9.47 Å². The number of sulfonamides is 1. The number of benzene rings is 1. The summed E-state index contributed by atoms with van der Waals surface area (Å²) in [4.78, 5) is 4.38. The highest BCUT2D eigenvalue weighted by Crippen LogP contribution is 2.25. The molecule has 176 valence electrons. The Hall–Kier alpha value is -2.86. The number of aryl methyl sites for hydroxylation is 1. The van der Waals surface area contributed by atoms with E-state index in [0.717, 1.165) is 5.69 Å². The van der Waals surface area contributed by atoms with Gasteiger partial charge in [0.05, 0.1) is 48.8 Å². The van der Waals surface area contributed by atoms with Crippen LogP contribution in [0.25, 0.3) is 11.4 Å². The Morgan fingerprint density at radius 3 is 2.85 bits per heavy atom. The Bertz CT molecular complexity index is 1150. The summed E-state index contributed by atoms with van der Waals surface area (Å²) < 4.78 is 41.2. The molecule has 3 aromatic rings. The van der Waals surface area contributed by atoms with Gasteiger partial charge in [-0.2, -0.15) is 0 Å². The molecule has 2 N–H and O–H groups in total. The molecule has 0 bridgehead atoms. The normalized spacial score (nSPS) is 21.1. The minimum absolute atomic E-state index is 0.107. The van der Waals surface area contributed by atoms with Gasteiger partial charge in [0.1, 0.15) is 11.4 Å². The van der Waals surface area contributed by atoms with Gasteiger partial charge in [0.15, 0.2) is 0 Å². The van der Waals surface area contributed by atoms with Crippen molar-refractivity contribution in [3.8, 4) is 17.1 Å². The van der Waals surface area contributed by atoms with E-state index in [1.165, 1.54) is 19.2 Å². The van der Waals surface area contributed by atoms with Gasteiger partial charge in [-0.1, -0.05) is 17.3 Å². The van der Waals surface area contributed by atoms with Crippen LogP contribution in [0.3, 0.4) is 0 Å². The van der Waals surface area contributed by atoms with Crippen LogP contribution in [-0.2, 0) is 21.3 Å². The molecule has 10 nitrogen and oxygen atoms in total. The minimum atomic E-state index is -3.78. The lowest BCUT2D eigenvalue weighted by atomic mass is 9.98. The van der Waals surface area contributed by atoms with Crippen molar-refractivity contribution in [2.45, 2.75) is 49.0 Å². The average molecular weight is 474 g/mol. The second kappa shape index (κ2) is 10.4. The van der Waals surface area contributed by atoms with Gasteiger partial charge in [-0.25, -0.2) is 13.1 Å². The third-order valence-electron chi connectivity index (χ3n) is 5.60. The first-order chi connectivity index (χ1) is 16.0. The Morgan fingerprint density at radius 1 is 1.21 bits per heavy atom. The summed E-state index contributed by atoms with van der Waals surface area (Å²) in [5.41, 5.74) is 1.45. The summed E-state index contributed by atoms with van der Waals surface area (Å²) in [6, 6.07) is 11.3. The number of aromatic nitrogens is 4. The van der Waals surface area contributed by atoms with Crippen LogP contribution in [0.15, 0.2) is 59.8 Å². The van der Waals surface area contributed by atoms with Crippen molar-refractivity contribution in [1.29, 1.82) is 0 Å². The maximum atomic E-state index is 12.8. The summed E-state index contributed by atoms with van der Waals surface area (Å²) in [5.74, 6) is 0.454. The number of ether oxygens (including phenoxy) is 2. The first-order valence-electron chi connectivity index (χ1n) is 10.7. The Kier molecular flexibility index (Phi) is 7.33. The summed E-state index contributed by atoms with van der Waals surface area (Å²) in [7, 11) is -2.30. The van der Waals surface area contributed by atoms with E-state index in [0.29, 0.717) is 37.3 Å². The van der Waals surface area contributed by atoms with Gasteiger partial charge >= 0.3 is 0 Å². The highest BCUT2D eigenvalue weighted by atomic mass is 32.2. The van der Waals surface area contributed by atoms with Crippen LogP contribution in [0.4, 0.5) is 0 Å². The first-order valence-corrected chi connectivity index (χ1v) is 12.2. The van der Waals surface area contributed by atoms with E-state index in [-0.39, 0.29) is 17.6 Å². The number of pyridine rings is 1. The van der Waals surface area contributed by atoms with Gasteiger partial charge in [-0.3, -0.25) is 9.67 Å². The van der Waals surface area contributed by atoms with Gasteiger partial charge in [0, 0.05) is 18.8 Å². The van der Waals surface area contributed by atoms with E-state index >= 15 is 0 Å². The Balaban J connectivity index is 1.33. The van der Waals surface area contributed by atoms with Crippen LogP contribution < -0.4 is 9.46 Å². The number of hydrogen-bond acceptors (Lipinski definition) is 8. The molecule has 1 aliphatic heterocycles. The SMILES string of the molecule is COc1cccc(S(=O)(=O)N[C@@H]2CC[C@H](CCn3cc(-c4ccccn4)nn3)O[C@@H]2CO)c1. The molecule has 33 heavy (non-hydrogen) atoms. The monoisotopic (exact) mass is 473 g/mol.